The molecule has 0 aromatic heterocycles. The highest BCUT2D eigenvalue weighted by Crippen LogP contribution is 2.42. The fourth-order valence-electron chi connectivity index (χ4n) is 4.69. The minimum Gasteiger partial charge on any atom is -0.490 e. The molecule has 1 aliphatic carbocycles. The summed E-state index contributed by atoms with van der Waals surface area (Å²) in [5.41, 5.74) is 0.149. The lowest BCUT2D eigenvalue weighted by Gasteiger charge is -2.25. The van der Waals surface area contributed by atoms with E-state index >= 15 is 0 Å². The average molecular weight is 480 g/mol. The topological polar surface area (TPSA) is 133 Å². The number of fused-ring (bicyclic) bond motifs is 1. The SMILES string of the molecule is COc1ccc(C(=O)COC(=O)c2ccc(N3C(=O)[C@@H]4CC[C@@H](C)C[C@H]4C3=O)cc2)cc1[N+](=O)[O-]. The fourth-order valence-corrected chi connectivity index (χ4v) is 4.69. The Balaban J connectivity index is 1.40. The first-order chi connectivity index (χ1) is 16.7. The number of nitrogens with zero attached hydrogens (tertiary/aromatic N) is 2. The van der Waals surface area contributed by atoms with Crippen molar-refractivity contribution in [1.82, 2.24) is 0 Å². The van der Waals surface area contributed by atoms with Gasteiger partial charge >= 0.3 is 11.7 Å². The number of esters is 1. The van der Waals surface area contributed by atoms with Crippen molar-refractivity contribution in [2.24, 2.45) is 17.8 Å². The first kappa shape index (κ1) is 24.1. The molecule has 10 nitrogen and oxygen atoms in total. The molecule has 35 heavy (non-hydrogen) atoms. The number of amides is 2. The van der Waals surface area contributed by atoms with E-state index in [4.69, 9.17) is 9.47 Å². The first-order valence-electron chi connectivity index (χ1n) is 11.2. The van der Waals surface area contributed by atoms with Gasteiger partial charge in [0.2, 0.25) is 17.6 Å². The molecule has 2 aliphatic rings. The predicted octanol–water partition coefficient (Wildman–Crippen LogP) is 3.57. The molecule has 10 heteroatoms. The van der Waals surface area contributed by atoms with Crippen molar-refractivity contribution in [2.75, 3.05) is 18.6 Å². The molecule has 0 N–H and O–H groups in total. The van der Waals surface area contributed by atoms with Crippen LogP contribution in [0.25, 0.3) is 0 Å². The molecule has 2 aromatic rings. The maximum Gasteiger partial charge on any atom is 0.338 e. The maximum atomic E-state index is 12.9. The summed E-state index contributed by atoms with van der Waals surface area (Å²) in [7, 11) is 1.28. The van der Waals surface area contributed by atoms with Crippen molar-refractivity contribution in [1.29, 1.82) is 0 Å². The summed E-state index contributed by atoms with van der Waals surface area (Å²) >= 11 is 0. The number of ether oxygens (including phenoxy) is 2. The predicted molar refractivity (Wildman–Crippen MR) is 123 cm³/mol. The number of Topliss-reactive ketones (excluding diaryl/α,β-unsaturated/α-hetero) is 1. The highest BCUT2D eigenvalue weighted by molar-refractivity contribution is 6.22. The van der Waals surface area contributed by atoms with Gasteiger partial charge in [-0.1, -0.05) is 6.92 Å². The van der Waals surface area contributed by atoms with Crippen LogP contribution in [-0.2, 0) is 14.3 Å². The zero-order valence-electron chi connectivity index (χ0n) is 19.3. The third-order valence-electron chi connectivity index (χ3n) is 6.58. The lowest BCUT2D eigenvalue weighted by molar-refractivity contribution is -0.385. The van der Waals surface area contributed by atoms with Gasteiger partial charge in [-0.25, -0.2) is 4.79 Å². The number of methoxy groups -OCH3 is 1. The first-order valence-corrected chi connectivity index (χ1v) is 11.2. The lowest BCUT2D eigenvalue weighted by atomic mass is 9.76. The van der Waals surface area contributed by atoms with Crippen LogP contribution in [0.2, 0.25) is 0 Å². The quantitative estimate of drug-likeness (QED) is 0.193. The normalized spacial score (nSPS) is 21.4. The number of ketones is 1. The molecule has 1 heterocycles. The molecule has 4 rings (SSSR count). The van der Waals surface area contributed by atoms with Crippen LogP contribution in [0.15, 0.2) is 42.5 Å². The summed E-state index contributed by atoms with van der Waals surface area (Å²) < 4.78 is 9.97. The standard InChI is InChI=1S/C25H24N2O8/c1-14-3-9-18-19(11-14)24(30)26(23(18)29)17-7-4-15(5-8-17)25(31)35-13-21(28)16-6-10-22(34-2)20(12-16)27(32)33/h4-8,10,12,14,18-19H,3,9,11,13H2,1-2H3/t14-,18-,19-/m1/s1. The average Bonchev–Trinajstić information content (AvgIpc) is 3.10. The van der Waals surface area contributed by atoms with Crippen LogP contribution in [0.4, 0.5) is 11.4 Å². The van der Waals surface area contributed by atoms with Gasteiger partial charge in [0.05, 0.1) is 35.1 Å². The number of anilines is 1. The number of rotatable bonds is 7. The van der Waals surface area contributed by atoms with Crippen molar-refractivity contribution >= 4 is 34.9 Å². The van der Waals surface area contributed by atoms with E-state index < -0.39 is 23.3 Å². The number of hydrogen-bond donors (Lipinski definition) is 0. The van der Waals surface area contributed by atoms with Crippen LogP contribution in [0.5, 0.6) is 5.75 Å². The minimum atomic E-state index is -0.783. The van der Waals surface area contributed by atoms with Gasteiger partial charge in [-0.2, -0.15) is 0 Å². The number of imide groups is 1. The van der Waals surface area contributed by atoms with Crippen LogP contribution < -0.4 is 9.64 Å². The van der Waals surface area contributed by atoms with Gasteiger partial charge in [0.15, 0.2) is 12.4 Å². The van der Waals surface area contributed by atoms with Crippen molar-refractivity contribution < 1.29 is 33.6 Å². The van der Waals surface area contributed by atoms with E-state index in [9.17, 15) is 29.3 Å². The fraction of sp³-hybridized carbons (Fsp3) is 0.360. The molecule has 0 radical (unpaired) electrons. The summed E-state index contributed by atoms with van der Waals surface area (Å²) in [5, 5.41) is 11.1. The van der Waals surface area contributed by atoms with Crippen molar-refractivity contribution in [2.45, 2.75) is 26.2 Å². The largest absolute Gasteiger partial charge is 0.490 e. The molecule has 1 saturated carbocycles. The Labute approximate surface area is 201 Å². The van der Waals surface area contributed by atoms with Crippen LogP contribution in [-0.4, -0.2) is 42.2 Å². The maximum absolute atomic E-state index is 12.9. The summed E-state index contributed by atoms with van der Waals surface area (Å²) in [5.74, 6) is -1.99. The van der Waals surface area contributed by atoms with Gasteiger partial charge < -0.3 is 9.47 Å². The Kier molecular flexibility index (Phi) is 6.63. The van der Waals surface area contributed by atoms with Crippen LogP contribution in [0.3, 0.4) is 0 Å². The molecular weight excluding hydrogens is 456 g/mol. The molecule has 1 saturated heterocycles. The van der Waals surface area contributed by atoms with E-state index in [1.54, 1.807) is 0 Å². The summed E-state index contributed by atoms with van der Waals surface area (Å²) in [6.07, 6.45) is 2.31. The second-order valence-corrected chi connectivity index (χ2v) is 8.83. The molecule has 0 spiro atoms. The van der Waals surface area contributed by atoms with Crippen molar-refractivity contribution in [3.05, 3.63) is 63.7 Å². The highest BCUT2D eigenvalue weighted by atomic mass is 16.6. The van der Waals surface area contributed by atoms with Crippen LogP contribution in [0, 0.1) is 27.9 Å². The summed E-state index contributed by atoms with van der Waals surface area (Å²) in [6, 6.07) is 9.55. The second kappa shape index (κ2) is 9.65. The number of nitro benzene ring substituents is 1. The Hall–Kier alpha value is -4.08. The van der Waals surface area contributed by atoms with E-state index in [2.05, 4.69) is 6.92 Å². The Morgan fingerprint density at radius 1 is 1.03 bits per heavy atom. The van der Waals surface area contributed by atoms with E-state index in [-0.39, 0.29) is 46.2 Å². The van der Waals surface area contributed by atoms with E-state index in [1.807, 2.05) is 0 Å². The van der Waals surface area contributed by atoms with E-state index in [0.29, 0.717) is 24.4 Å². The molecule has 2 fully saturated rings. The Morgan fingerprint density at radius 2 is 1.69 bits per heavy atom. The van der Waals surface area contributed by atoms with Gasteiger partial charge in [-0.15, -0.1) is 0 Å². The summed E-state index contributed by atoms with van der Waals surface area (Å²) in [6.45, 7) is 1.46. The zero-order valence-corrected chi connectivity index (χ0v) is 19.3. The van der Waals surface area contributed by atoms with Gasteiger partial charge in [-0.05, 0) is 61.6 Å². The number of carbonyl (C=O) groups excluding carboxylic acids is 4. The molecule has 1 aliphatic heterocycles. The van der Waals surface area contributed by atoms with Crippen LogP contribution in [0.1, 0.15) is 46.9 Å². The Bertz CT molecular complexity index is 1210. The van der Waals surface area contributed by atoms with Crippen molar-refractivity contribution in [3.63, 3.8) is 0 Å². The zero-order chi connectivity index (χ0) is 25.3. The lowest BCUT2D eigenvalue weighted by Crippen LogP contribution is -2.30. The van der Waals surface area contributed by atoms with Gasteiger partial charge in [0.1, 0.15) is 0 Å². The monoisotopic (exact) mass is 480 g/mol. The molecule has 182 valence electrons. The number of hydrogen-bond acceptors (Lipinski definition) is 8. The smallest absolute Gasteiger partial charge is 0.338 e. The minimum absolute atomic E-state index is 0.00231. The summed E-state index contributed by atoms with van der Waals surface area (Å²) in [4.78, 5) is 62.1. The molecular formula is C25H24N2O8. The molecule has 3 atom stereocenters. The molecule has 0 bridgehead atoms. The van der Waals surface area contributed by atoms with Gasteiger partial charge in [0.25, 0.3) is 0 Å². The van der Waals surface area contributed by atoms with Crippen LogP contribution >= 0.6 is 0 Å². The molecule has 2 aromatic carbocycles. The number of carbonyl (C=O) groups is 4. The van der Waals surface area contributed by atoms with Gasteiger partial charge in [0, 0.05) is 11.6 Å². The van der Waals surface area contributed by atoms with Gasteiger partial charge in [-0.3, -0.25) is 29.4 Å². The third kappa shape index (κ3) is 4.64. The molecule has 0 unspecified atom stereocenters. The van der Waals surface area contributed by atoms with Crippen molar-refractivity contribution in [3.8, 4) is 5.75 Å². The second-order valence-electron chi connectivity index (χ2n) is 8.83. The van der Waals surface area contributed by atoms with E-state index in [1.165, 1.54) is 48.4 Å². The van der Waals surface area contributed by atoms with E-state index in [0.717, 1.165) is 12.5 Å². The highest BCUT2D eigenvalue weighted by Gasteiger charge is 2.49. The number of benzene rings is 2. The third-order valence-corrected chi connectivity index (χ3v) is 6.58. The number of nitro groups is 1. The Morgan fingerprint density at radius 3 is 2.34 bits per heavy atom. The molecule has 2 amide bonds.